The van der Waals surface area contributed by atoms with Crippen molar-refractivity contribution in [3.05, 3.63) is 96.5 Å². The molecule has 0 unspecified atom stereocenters. The zero-order chi connectivity index (χ0) is 25.5. The smallest absolute Gasteiger partial charge is 0.289 e. The number of carbonyl (C=O) groups is 1. The quantitative estimate of drug-likeness (QED) is 0.150. The van der Waals surface area contributed by atoms with Crippen LogP contribution >= 0.6 is 34.8 Å². The van der Waals surface area contributed by atoms with Crippen LogP contribution in [0.1, 0.15) is 11.1 Å². The summed E-state index contributed by atoms with van der Waals surface area (Å²) >= 11 is 17.7. The zero-order valence-electron chi connectivity index (χ0n) is 18.1. The molecule has 3 rings (SSSR count). The van der Waals surface area contributed by atoms with Crippen LogP contribution in [0.3, 0.4) is 0 Å². The van der Waals surface area contributed by atoms with Gasteiger partial charge in [0, 0.05) is 11.8 Å². The monoisotopic (exact) mass is 531 g/mol. The highest BCUT2D eigenvalue weighted by molar-refractivity contribution is 6.42. The second-order valence-electron chi connectivity index (χ2n) is 6.99. The molecule has 1 amide bonds. The van der Waals surface area contributed by atoms with Gasteiger partial charge in [-0.3, -0.25) is 14.9 Å². The Balaban J connectivity index is 1.77. The van der Waals surface area contributed by atoms with Gasteiger partial charge < -0.3 is 14.8 Å². The van der Waals surface area contributed by atoms with Crippen molar-refractivity contribution in [1.82, 2.24) is 0 Å². The van der Waals surface area contributed by atoms with E-state index in [1.54, 1.807) is 36.4 Å². The van der Waals surface area contributed by atoms with Gasteiger partial charge in [-0.1, -0.05) is 46.9 Å². The molecule has 3 aromatic carbocycles. The van der Waals surface area contributed by atoms with Crippen LogP contribution in [0.5, 0.6) is 11.5 Å². The summed E-state index contributed by atoms with van der Waals surface area (Å²) in [6, 6.07) is 15.6. The standard InChI is InChI=1S/C24H16Cl3N3O5/c1-34-23-10-14(3-7-22(23)35-13-15-2-5-18(25)20(27)9-15)8-16(12-28)24(31)29-17-4-6-19(26)21(11-17)30(32)33/h2-11H,13H2,1H3,(H,29,31)/b16-8+. The van der Waals surface area contributed by atoms with Crippen LogP contribution in [0.25, 0.3) is 6.08 Å². The number of ether oxygens (including phenoxy) is 2. The van der Waals surface area contributed by atoms with Gasteiger partial charge in [-0.05, 0) is 53.6 Å². The minimum absolute atomic E-state index is 0.0717. The van der Waals surface area contributed by atoms with Crippen molar-refractivity contribution in [2.24, 2.45) is 0 Å². The van der Waals surface area contributed by atoms with Crippen molar-refractivity contribution in [3.63, 3.8) is 0 Å². The molecule has 0 saturated carbocycles. The fourth-order valence-electron chi connectivity index (χ4n) is 2.93. The van der Waals surface area contributed by atoms with Crippen LogP contribution in [0.2, 0.25) is 15.1 Å². The lowest BCUT2D eigenvalue weighted by molar-refractivity contribution is -0.384. The molecule has 0 aliphatic rings. The number of nitro benzene ring substituents is 1. The molecule has 0 atom stereocenters. The first-order valence-corrected chi connectivity index (χ1v) is 11.0. The number of nitriles is 1. The molecule has 0 heterocycles. The number of hydrogen-bond donors (Lipinski definition) is 1. The summed E-state index contributed by atoms with van der Waals surface area (Å²) in [5.41, 5.74) is 0.826. The summed E-state index contributed by atoms with van der Waals surface area (Å²) in [5.74, 6) is 0.0695. The largest absolute Gasteiger partial charge is 0.493 e. The molecule has 35 heavy (non-hydrogen) atoms. The van der Waals surface area contributed by atoms with Crippen molar-refractivity contribution in [2.45, 2.75) is 6.61 Å². The first kappa shape index (κ1) is 25.8. The van der Waals surface area contributed by atoms with Crippen LogP contribution in [0.15, 0.2) is 60.2 Å². The van der Waals surface area contributed by atoms with E-state index in [1.807, 2.05) is 6.07 Å². The highest BCUT2D eigenvalue weighted by Gasteiger charge is 2.16. The molecular weight excluding hydrogens is 517 g/mol. The van der Waals surface area contributed by atoms with E-state index in [2.05, 4.69) is 5.32 Å². The number of nitro groups is 1. The average molecular weight is 533 g/mol. The molecule has 0 fully saturated rings. The van der Waals surface area contributed by atoms with E-state index in [1.165, 1.54) is 25.3 Å². The fourth-order valence-corrected chi connectivity index (χ4v) is 3.43. The Labute approximate surface area is 215 Å². The number of nitrogens with one attached hydrogen (secondary N) is 1. The van der Waals surface area contributed by atoms with Crippen molar-refractivity contribution in [3.8, 4) is 17.6 Å². The van der Waals surface area contributed by atoms with Crippen LogP contribution in [0, 0.1) is 21.4 Å². The molecule has 0 aromatic heterocycles. The number of benzene rings is 3. The van der Waals surface area contributed by atoms with E-state index in [4.69, 9.17) is 44.3 Å². The average Bonchev–Trinajstić information content (AvgIpc) is 2.84. The van der Waals surface area contributed by atoms with Crippen LogP contribution in [0.4, 0.5) is 11.4 Å². The summed E-state index contributed by atoms with van der Waals surface area (Å²) in [7, 11) is 1.46. The van der Waals surface area contributed by atoms with Gasteiger partial charge in [-0.15, -0.1) is 0 Å². The third kappa shape index (κ3) is 6.64. The molecule has 0 bridgehead atoms. The van der Waals surface area contributed by atoms with Crippen LogP contribution in [-0.2, 0) is 11.4 Å². The van der Waals surface area contributed by atoms with Gasteiger partial charge >= 0.3 is 0 Å². The Bertz CT molecular complexity index is 1370. The van der Waals surface area contributed by atoms with Crippen LogP contribution in [-0.4, -0.2) is 17.9 Å². The summed E-state index contributed by atoms with van der Waals surface area (Å²) < 4.78 is 11.2. The molecule has 0 radical (unpaired) electrons. The lowest BCUT2D eigenvalue weighted by atomic mass is 10.1. The molecule has 0 saturated heterocycles. The molecule has 11 heteroatoms. The van der Waals surface area contributed by atoms with Gasteiger partial charge in [0.25, 0.3) is 11.6 Å². The number of anilines is 1. The summed E-state index contributed by atoms with van der Waals surface area (Å²) in [6.07, 6.45) is 1.35. The molecule has 0 spiro atoms. The van der Waals surface area contributed by atoms with Gasteiger partial charge in [0.15, 0.2) is 11.5 Å². The van der Waals surface area contributed by atoms with Crippen LogP contribution < -0.4 is 14.8 Å². The Morgan fingerprint density at radius 3 is 2.46 bits per heavy atom. The lowest BCUT2D eigenvalue weighted by Crippen LogP contribution is -2.13. The van der Waals surface area contributed by atoms with Gasteiger partial charge in [0.05, 0.1) is 22.1 Å². The number of rotatable bonds is 8. The maximum Gasteiger partial charge on any atom is 0.289 e. The Morgan fingerprint density at radius 2 is 1.80 bits per heavy atom. The minimum atomic E-state index is -0.747. The highest BCUT2D eigenvalue weighted by Crippen LogP contribution is 2.31. The fraction of sp³-hybridized carbons (Fsp3) is 0.0833. The Hall–Kier alpha value is -3.77. The maximum absolute atomic E-state index is 12.6. The summed E-state index contributed by atoms with van der Waals surface area (Å²) in [5, 5.41) is 23.8. The van der Waals surface area contributed by atoms with Gasteiger partial charge in [0.2, 0.25) is 0 Å². The summed E-state index contributed by atoms with van der Waals surface area (Å²) in [4.78, 5) is 22.9. The van der Waals surface area contributed by atoms with Crippen molar-refractivity contribution >= 4 is 58.2 Å². The SMILES string of the molecule is COc1cc(/C=C(\C#N)C(=O)Nc2ccc(Cl)c([N+](=O)[O-])c2)ccc1OCc1ccc(Cl)c(Cl)c1. The zero-order valence-corrected chi connectivity index (χ0v) is 20.3. The minimum Gasteiger partial charge on any atom is -0.493 e. The third-order valence-electron chi connectivity index (χ3n) is 4.64. The molecule has 178 valence electrons. The van der Waals surface area contributed by atoms with E-state index in [0.717, 1.165) is 11.6 Å². The van der Waals surface area contributed by atoms with Crippen molar-refractivity contribution in [2.75, 3.05) is 12.4 Å². The van der Waals surface area contributed by atoms with Crippen molar-refractivity contribution in [1.29, 1.82) is 5.26 Å². The lowest BCUT2D eigenvalue weighted by Gasteiger charge is -2.12. The third-order valence-corrected chi connectivity index (χ3v) is 5.70. The first-order chi connectivity index (χ1) is 16.7. The molecular formula is C24H16Cl3N3O5. The van der Waals surface area contributed by atoms with E-state index in [-0.39, 0.29) is 28.6 Å². The molecule has 3 aromatic rings. The Kier molecular flexibility index (Phi) is 8.55. The topological polar surface area (TPSA) is 114 Å². The predicted molar refractivity (Wildman–Crippen MR) is 134 cm³/mol. The molecule has 1 N–H and O–H groups in total. The number of nitrogens with zero attached hydrogens (tertiary/aromatic N) is 2. The molecule has 0 aliphatic carbocycles. The number of carbonyl (C=O) groups excluding carboxylic acids is 1. The summed E-state index contributed by atoms with van der Waals surface area (Å²) in [6.45, 7) is 0.210. The molecule has 0 aliphatic heterocycles. The second kappa shape index (κ2) is 11.6. The number of amides is 1. The highest BCUT2D eigenvalue weighted by atomic mass is 35.5. The van der Waals surface area contributed by atoms with E-state index >= 15 is 0 Å². The van der Waals surface area contributed by atoms with Gasteiger partial charge in [-0.2, -0.15) is 5.26 Å². The van der Waals surface area contributed by atoms with Gasteiger partial charge in [-0.25, -0.2) is 0 Å². The number of hydrogen-bond acceptors (Lipinski definition) is 6. The Morgan fingerprint density at radius 1 is 1.06 bits per heavy atom. The normalized spacial score (nSPS) is 10.9. The van der Waals surface area contributed by atoms with Gasteiger partial charge in [0.1, 0.15) is 23.3 Å². The second-order valence-corrected chi connectivity index (χ2v) is 8.22. The predicted octanol–water partition coefficient (Wildman–Crippen LogP) is 6.69. The molecule has 8 nitrogen and oxygen atoms in total. The van der Waals surface area contributed by atoms with Crippen molar-refractivity contribution < 1.29 is 19.2 Å². The number of methoxy groups -OCH3 is 1. The number of halogens is 3. The maximum atomic E-state index is 12.6. The van der Waals surface area contributed by atoms with E-state index in [9.17, 15) is 20.2 Å². The first-order valence-electron chi connectivity index (χ1n) is 9.83. The van der Waals surface area contributed by atoms with E-state index in [0.29, 0.717) is 27.1 Å². The van der Waals surface area contributed by atoms with E-state index < -0.39 is 10.8 Å².